The maximum Gasteiger partial charge on any atom is 0.273 e. The van der Waals surface area contributed by atoms with Crippen LogP contribution in [0.25, 0.3) is 0 Å². The van der Waals surface area contributed by atoms with Gasteiger partial charge >= 0.3 is 0 Å². The van der Waals surface area contributed by atoms with Gasteiger partial charge in [0.15, 0.2) is 0 Å². The molecule has 26 heavy (non-hydrogen) atoms. The average molecular weight is 372 g/mol. The van der Waals surface area contributed by atoms with E-state index in [4.69, 9.17) is 4.74 Å². The van der Waals surface area contributed by atoms with Gasteiger partial charge in [0.1, 0.15) is 6.10 Å². The van der Waals surface area contributed by atoms with E-state index in [9.17, 15) is 4.79 Å². The van der Waals surface area contributed by atoms with Crippen molar-refractivity contribution in [3.63, 3.8) is 0 Å². The number of nitrogens with zero attached hydrogens (tertiary/aromatic N) is 4. The summed E-state index contributed by atoms with van der Waals surface area (Å²) in [6.07, 6.45) is 9.63. The molecule has 6 nitrogen and oxygen atoms in total. The third kappa shape index (κ3) is 4.04. The maximum atomic E-state index is 12.5. The van der Waals surface area contributed by atoms with Crippen LogP contribution in [-0.2, 0) is 0 Å². The van der Waals surface area contributed by atoms with Gasteiger partial charge in [0.05, 0.1) is 0 Å². The predicted molar refractivity (Wildman–Crippen MR) is 100 cm³/mol. The van der Waals surface area contributed by atoms with Crippen LogP contribution in [0.2, 0.25) is 0 Å². The van der Waals surface area contributed by atoms with Gasteiger partial charge in [0, 0.05) is 61.8 Å². The first-order chi connectivity index (χ1) is 12.8. The Hall–Kier alpha value is -1.99. The molecule has 0 aromatic carbocycles. The van der Waals surface area contributed by atoms with E-state index in [-0.39, 0.29) is 12.0 Å². The van der Waals surface area contributed by atoms with Crippen molar-refractivity contribution < 1.29 is 9.53 Å². The minimum absolute atomic E-state index is 0.126. The Morgan fingerprint density at radius 3 is 2.42 bits per heavy atom. The Balaban J connectivity index is 1.23. The number of carbonyl (C=O) groups excluding carboxylic acids is 1. The summed E-state index contributed by atoms with van der Waals surface area (Å²) in [5.41, 5.74) is 0.735. The molecule has 2 aliphatic rings. The number of piperidine rings is 2. The highest BCUT2D eigenvalue weighted by atomic mass is 32.1. The molecule has 4 heterocycles. The third-order valence-electron chi connectivity index (χ3n) is 5.35. The fourth-order valence-corrected chi connectivity index (χ4v) is 4.43. The van der Waals surface area contributed by atoms with Crippen LogP contribution in [0.15, 0.2) is 36.1 Å². The molecule has 2 aromatic rings. The number of aromatic nitrogens is 2. The van der Waals surface area contributed by atoms with E-state index in [0.717, 1.165) is 62.6 Å². The molecule has 2 saturated heterocycles. The van der Waals surface area contributed by atoms with Crippen molar-refractivity contribution in [3.05, 3.63) is 41.7 Å². The Morgan fingerprint density at radius 1 is 1.04 bits per heavy atom. The molecule has 0 saturated carbocycles. The van der Waals surface area contributed by atoms with E-state index >= 15 is 0 Å². The Bertz CT molecular complexity index is 694. The first-order valence-electron chi connectivity index (χ1n) is 9.29. The molecule has 2 fully saturated rings. The van der Waals surface area contributed by atoms with E-state index < -0.39 is 0 Å². The molecule has 0 radical (unpaired) electrons. The quantitative estimate of drug-likeness (QED) is 0.826. The number of amides is 1. The van der Waals surface area contributed by atoms with Crippen LogP contribution >= 0.6 is 11.3 Å². The fraction of sp³-hybridized carbons (Fsp3) is 0.526. The van der Waals surface area contributed by atoms with Crippen molar-refractivity contribution in [3.8, 4) is 5.19 Å². The van der Waals surface area contributed by atoms with Crippen LogP contribution in [0.5, 0.6) is 5.19 Å². The fourth-order valence-electron chi connectivity index (χ4n) is 3.88. The van der Waals surface area contributed by atoms with Crippen LogP contribution < -0.4 is 4.74 Å². The second kappa shape index (κ2) is 8.14. The summed E-state index contributed by atoms with van der Waals surface area (Å²) in [6, 6.07) is 4.17. The zero-order chi connectivity index (χ0) is 17.8. The van der Waals surface area contributed by atoms with Gasteiger partial charge in [-0.3, -0.25) is 14.7 Å². The van der Waals surface area contributed by atoms with Crippen molar-refractivity contribution in [2.75, 3.05) is 26.2 Å². The van der Waals surface area contributed by atoms with E-state index in [1.54, 1.807) is 42.1 Å². The van der Waals surface area contributed by atoms with Crippen molar-refractivity contribution in [1.82, 2.24) is 19.8 Å². The lowest BCUT2D eigenvalue weighted by Crippen LogP contribution is -2.50. The highest BCUT2D eigenvalue weighted by molar-refractivity contribution is 7.11. The lowest BCUT2D eigenvalue weighted by Gasteiger charge is -2.41. The molecule has 2 aliphatic heterocycles. The first kappa shape index (κ1) is 17.4. The molecule has 4 rings (SSSR count). The SMILES string of the molecule is O=C(c1ccncc1)N1CCC(N2CCC(Oc3nccs3)CC2)CC1. The molecule has 7 heteroatoms. The number of rotatable bonds is 4. The smallest absolute Gasteiger partial charge is 0.273 e. The summed E-state index contributed by atoms with van der Waals surface area (Å²) in [4.78, 5) is 25.3. The predicted octanol–water partition coefficient (Wildman–Crippen LogP) is 2.69. The van der Waals surface area contributed by atoms with Crippen LogP contribution in [0.1, 0.15) is 36.0 Å². The van der Waals surface area contributed by atoms with Gasteiger partial charge in [-0.15, -0.1) is 0 Å². The van der Waals surface area contributed by atoms with E-state index in [1.165, 1.54) is 0 Å². The van der Waals surface area contributed by atoms with Gasteiger partial charge in [-0.25, -0.2) is 4.98 Å². The molecular weight excluding hydrogens is 348 g/mol. The van der Waals surface area contributed by atoms with Gasteiger partial charge in [0.25, 0.3) is 11.1 Å². The standard InChI is InChI=1S/C19H24N4O2S/c24-18(15-1-7-20-8-2-15)23-10-3-16(4-11-23)22-12-5-17(6-13-22)25-19-21-9-14-26-19/h1-2,7-9,14,16-17H,3-6,10-13H2. The summed E-state index contributed by atoms with van der Waals surface area (Å²) in [6.45, 7) is 3.81. The molecule has 1 amide bonds. The Kier molecular flexibility index (Phi) is 5.45. The molecule has 0 unspecified atom stereocenters. The summed E-state index contributed by atoms with van der Waals surface area (Å²) in [5, 5.41) is 2.73. The minimum Gasteiger partial charge on any atom is -0.467 e. The van der Waals surface area contributed by atoms with Crippen molar-refractivity contribution >= 4 is 17.2 Å². The molecule has 0 N–H and O–H groups in total. The Labute approximate surface area is 157 Å². The average Bonchev–Trinajstić information content (AvgIpc) is 3.22. The third-order valence-corrected chi connectivity index (χ3v) is 6.01. The molecule has 2 aromatic heterocycles. The van der Waals surface area contributed by atoms with Crippen LogP contribution in [0.4, 0.5) is 0 Å². The monoisotopic (exact) mass is 372 g/mol. The lowest BCUT2D eigenvalue weighted by molar-refractivity contribution is 0.0425. The van der Waals surface area contributed by atoms with Gasteiger partial charge in [-0.2, -0.15) is 0 Å². The van der Waals surface area contributed by atoms with Gasteiger partial charge in [0.2, 0.25) is 0 Å². The normalized spacial score (nSPS) is 20.2. The number of pyridine rings is 1. The van der Waals surface area contributed by atoms with Gasteiger partial charge < -0.3 is 9.64 Å². The summed E-state index contributed by atoms with van der Waals surface area (Å²) in [5.74, 6) is 0.126. The zero-order valence-corrected chi connectivity index (χ0v) is 15.6. The molecule has 0 bridgehead atoms. The number of likely N-dealkylation sites (tertiary alicyclic amines) is 2. The Morgan fingerprint density at radius 2 is 1.77 bits per heavy atom. The summed E-state index contributed by atoms with van der Waals surface area (Å²) < 4.78 is 5.95. The molecule has 0 spiro atoms. The van der Waals surface area contributed by atoms with E-state index in [0.29, 0.717) is 6.04 Å². The number of thiazole rings is 1. The molecular formula is C19H24N4O2S. The number of hydrogen-bond donors (Lipinski definition) is 0. The summed E-state index contributed by atoms with van der Waals surface area (Å²) in [7, 11) is 0. The van der Waals surface area contributed by atoms with Crippen LogP contribution in [0.3, 0.4) is 0 Å². The molecule has 0 atom stereocenters. The van der Waals surface area contributed by atoms with Gasteiger partial charge in [-0.1, -0.05) is 11.3 Å². The highest BCUT2D eigenvalue weighted by Gasteiger charge is 2.30. The van der Waals surface area contributed by atoms with Crippen molar-refractivity contribution in [2.24, 2.45) is 0 Å². The van der Waals surface area contributed by atoms with E-state index in [2.05, 4.69) is 14.9 Å². The largest absolute Gasteiger partial charge is 0.467 e. The first-order valence-corrected chi connectivity index (χ1v) is 10.2. The van der Waals surface area contributed by atoms with Gasteiger partial charge in [-0.05, 0) is 37.8 Å². The van der Waals surface area contributed by atoms with Crippen LogP contribution in [0, 0.1) is 0 Å². The number of ether oxygens (including phenoxy) is 1. The minimum atomic E-state index is 0.126. The topological polar surface area (TPSA) is 58.6 Å². The van der Waals surface area contributed by atoms with Crippen LogP contribution in [-0.4, -0.2) is 64.0 Å². The molecule has 138 valence electrons. The maximum absolute atomic E-state index is 12.5. The zero-order valence-electron chi connectivity index (χ0n) is 14.8. The second-order valence-electron chi connectivity index (χ2n) is 6.91. The van der Waals surface area contributed by atoms with E-state index in [1.807, 2.05) is 10.3 Å². The number of hydrogen-bond acceptors (Lipinski definition) is 6. The lowest BCUT2D eigenvalue weighted by atomic mass is 9.98. The number of carbonyl (C=O) groups is 1. The highest BCUT2D eigenvalue weighted by Crippen LogP contribution is 2.25. The summed E-state index contributed by atoms with van der Waals surface area (Å²) >= 11 is 1.56. The molecule has 0 aliphatic carbocycles. The second-order valence-corrected chi connectivity index (χ2v) is 7.77. The van der Waals surface area contributed by atoms with Crippen molar-refractivity contribution in [2.45, 2.75) is 37.8 Å². The van der Waals surface area contributed by atoms with Crippen molar-refractivity contribution in [1.29, 1.82) is 0 Å².